The second kappa shape index (κ2) is 9.49. The Morgan fingerprint density at radius 1 is 1.19 bits per heavy atom. The monoisotopic (exact) mass is 449 g/mol. The van der Waals surface area contributed by atoms with Gasteiger partial charge in [0, 0.05) is 11.7 Å². The molecule has 4 aromatic rings. The lowest BCUT2D eigenvalue weighted by Gasteiger charge is -2.13. The lowest BCUT2D eigenvalue weighted by molar-refractivity contribution is -0.192. The molecule has 0 aliphatic carbocycles. The molecule has 5 nitrogen and oxygen atoms in total. The number of hydrogen-bond donors (Lipinski definition) is 2. The molecule has 31 heavy (non-hydrogen) atoms. The molecular formula is C22H22F3N3O2S. The van der Waals surface area contributed by atoms with Crippen LogP contribution in [0.3, 0.4) is 0 Å². The lowest BCUT2D eigenvalue weighted by atomic mass is 10.1. The van der Waals surface area contributed by atoms with Gasteiger partial charge in [0.05, 0.1) is 17.1 Å². The maximum absolute atomic E-state index is 10.6. The van der Waals surface area contributed by atoms with E-state index < -0.39 is 12.1 Å². The van der Waals surface area contributed by atoms with E-state index in [1.165, 1.54) is 21.2 Å². The van der Waals surface area contributed by atoms with Gasteiger partial charge in [-0.2, -0.15) is 13.2 Å². The van der Waals surface area contributed by atoms with E-state index in [0.717, 1.165) is 24.3 Å². The second-order valence-corrected chi connectivity index (χ2v) is 7.91. The molecule has 1 atom stereocenters. The molecule has 0 saturated heterocycles. The van der Waals surface area contributed by atoms with Crippen molar-refractivity contribution >= 4 is 38.4 Å². The van der Waals surface area contributed by atoms with Gasteiger partial charge >= 0.3 is 12.1 Å². The Morgan fingerprint density at radius 2 is 1.84 bits per heavy atom. The van der Waals surface area contributed by atoms with Crippen molar-refractivity contribution in [2.75, 3.05) is 6.54 Å². The van der Waals surface area contributed by atoms with Crippen LogP contribution < -0.4 is 5.32 Å². The van der Waals surface area contributed by atoms with Gasteiger partial charge in [-0.3, -0.25) is 0 Å². The molecule has 9 heteroatoms. The topological polar surface area (TPSA) is 67.2 Å². The van der Waals surface area contributed by atoms with Crippen LogP contribution >= 0.6 is 11.3 Å². The smallest absolute Gasteiger partial charge is 0.475 e. The molecule has 0 saturated carbocycles. The maximum atomic E-state index is 10.6. The maximum Gasteiger partial charge on any atom is 0.490 e. The molecule has 0 spiro atoms. The number of alkyl halides is 3. The summed E-state index contributed by atoms with van der Waals surface area (Å²) < 4.78 is 35.3. The van der Waals surface area contributed by atoms with Crippen molar-refractivity contribution in [3.63, 3.8) is 0 Å². The molecule has 0 aliphatic rings. The van der Waals surface area contributed by atoms with Crippen molar-refractivity contribution in [1.29, 1.82) is 0 Å². The SMILES string of the molecule is CC(NCCc1csc2ccccc12)c1nc2ccccc2n1C.O=C(O)C(F)(F)F. The van der Waals surface area contributed by atoms with E-state index in [1.807, 2.05) is 17.4 Å². The van der Waals surface area contributed by atoms with Crippen LogP contribution in [0.2, 0.25) is 0 Å². The molecule has 2 aromatic carbocycles. The molecule has 0 radical (unpaired) electrons. The Hall–Kier alpha value is -2.91. The third kappa shape index (κ3) is 5.42. The molecule has 164 valence electrons. The standard InChI is InChI=1S/C20H21N3S.C2HF3O2/c1-14(20-22-17-8-4-5-9-18(17)23(20)2)21-12-11-15-13-24-19-10-6-3-7-16(15)19;3-2(4,5)1(6)7/h3-10,13-14,21H,11-12H2,1-2H3;(H,6,7). The first-order valence-corrected chi connectivity index (χ1v) is 10.5. The number of fused-ring (bicyclic) bond motifs is 2. The Labute approximate surface area is 181 Å². The minimum atomic E-state index is -5.08. The number of benzene rings is 2. The molecule has 2 aromatic heterocycles. The number of aromatic nitrogens is 2. The van der Waals surface area contributed by atoms with Crippen LogP contribution in [0.15, 0.2) is 53.9 Å². The summed E-state index contributed by atoms with van der Waals surface area (Å²) in [4.78, 5) is 13.7. The van der Waals surface area contributed by atoms with Crippen LogP contribution in [-0.4, -0.2) is 33.3 Å². The quantitative estimate of drug-likeness (QED) is 0.433. The minimum absolute atomic E-state index is 0.229. The fraction of sp³-hybridized carbons (Fsp3) is 0.273. The zero-order valence-corrected chi connectivity index (χ0v) is 17.8. The Kier molecular flexibility index (Phi) is 6.97. The van der Waals surface area contributed by atoms with E-state index in [2.05, 4.69) is 71.7 Å². The summed E-state index contributed by atoms with van der Waals surface area (Å²) in [5.74, 6) is -1.67. The second-order valence-electron chi connectivity index (χ2n) is 7.00. The number of hydrogen-bond acceptors (Lipinski definition) is 4. The molecule has 0 bridgehead atoms. The van der Waals surface area contributed by atoms with E-state index in [0.29, 0.717) is 0 Å². The summed E-state index contributed by atoms with van der Waals surface area (Å²) in [5, 5.41) is 14.4. The van der Waals surface area contributed by atoms with Crippen molar-refractivity contribution < 1.29 is 23.1 Å². The van der Waals surface area contributed by atoms with E-state index in [4.69, 9.17) is 14.9 Å². The van der Waals surface area contributed by atoms with Gasteiger partial charge in [0.25, 0.3) is 0 Å². The first kappa shape index (κ1) is 22.8. The van der Waals surface area contributed by atoms with E-state index in [1.54, 1.807) is 0 Å². The van der Waals surface area contributed by atoms with Gasteiger partial charge in [-0.05, 0) is 54.4 Å². The van der Waals surface area contributed by atoms with Crippen molar-refractivity contribution in [3.8, 4) is 0 Å². The molecule has 0 fully saturated rings. The van der Waals surface area contributed by atoms with Crippen molar-refractivity contribution in [2.45, 2.75) is 25.6 Å². The van der Waals surface area contributed by atoms with Crippen LogP contribution in [0.5, 0.6) is 0 Å². The number of para-hydroxylation sites is 2. The van der Waals surface area contributed by atoms with Crippen molar-refractivity contribution in [3.05, 3.63) is 65.3 Å². The van der Waals surface area contributed by atoms with Crippen molar-refractivity contribution in [2.24, 2.45) is 7.05 Å². The predicted molar refractivity (Wildman–Crippen MR) is 116 cm³/mol. The summed E-state index contributed by atoms with van der Waals surface area (Å²) in [6.45, 7) is 3.14. The molecule has 4 rings (SSSR count). The van der Waals surface area contributed by atoms with E-state index in [9.17, 15) is 13.2 Å². The van der Waals surface area contributed by atoms with Gasteiger partial charge in [0.15, 0.2) is 0 Å². The van der Waals surface area contributed by atoms with Crippen molar-refractivity contribution in [1.82, 2.24) is 14.9 Å². The average molecular weight is 449 g/mol. The van der Waals surface area contributed by atoms with E-state index in [-0.39, 0.29) is 6.04 Å². The summed E-state index contributed by atoms with van der Waals surface area (Å²) in [6, 6.07) is 17.2. The normalized spacial score (nSPS) is 12.5. The number of halogens is 3. The molecule has 0 amide bonds. The number of nitrogens with zero attached hydrogens (tertiary/aromatic N) is 2. The highest BCUT2D eigenvalue weighted by atomic mass is 32.1. The fourth-order valence-electron chi connectivity index (χ4n) is 3.29. The number of nitrogens with one attached hydrogen (secondary N) is 1. The number of aryl methyl sites for hydroxylation is 1. The molecule has 2 heterocycles. The Bertz CT molecular complexity index is 1180. The highest BCUT2D eigenvalue weighted by Gasteiger charge is 2.38. The number of rotatable bonds is 5. The molecule has 0 aliphatic heterocycles. The van der Waals surface area contributed by atoms with Gasteiger partial charge in [-0.1, -0.05) is 30.3 Å². The number of thiophene rings is 1. The van der Waals surface area contributed by atoms with Gasteiger partial charge < -0.3 is 15.0 Å². The van der Waals surface area contributed by atoms with Gasteiger partial charge in [-0.25, -0.2) is 9.78 Å². The highest BCUT2D eigenvalue weighted by molar-refractivity contribution is 7.17. The first-order valence-electron chi connectivity index (χ1n) is 9.58. The third-order valence-corrected chi connectivity index (χ3v) is 5.87. The fourth-order valence-corrected chi connectivity index (χ4v) is 4.29. The zero-order chi connectivity index (χ0) is 22.6. The first-order chi connectivity index (χ1) is 14.7. The van der Waals surface area contributed by atoms with Crippen LogP contribution in [0.4, 0.5) is 13.2 Å². The number of imidazole rings is 1. The van der Waals surface area contributed by atoms with Gasteiger partial charge in [0.2, 0.25) is 0 Å². The Balaban J connectivity index is 0.000000339. The number of aliphatic carboxylic acids is 1. The summed E-state index contributed by atoms with van der Waals surface area (Å²) in [6.07, 6.45) is -4.04. The van der Waals surface area contributed by atoms with Crippen LogP contribution in [0.25, 0.3) is 21.1 Å². The summed E-state index contributed by atoms with van der Waals surface area (Å²) in [5.41, 5.74) is 3.68. The number of carbonyl (C=O) groups is 1. The highest BCUT2D eigenvalue weighted by Crippen LogP contribution is 2.26. The zero-order valence-electron chi connectivity index (χ0n) is 17.0. The number of carboxylic acids is 1. The van der Waals surface area contributed by atoms with Crippen LogP contribution in [0.1, 0.15) is 24.4 Å². The van der Waals surface area contributed by atoms with E-state index >= 15 is 0 Å². The Morgan fingerprint density at radius 3 is 2.52 bits per heavy atom. The molecule has 1 unspecified atom stereocenters. The summed E-state index contributed by atoms with van der Waals surface area (Å²) >= 11 is 1.83. The van der Waals surface area contributed by atoms with Gasteiger partial charge in [0.1, 0.15) is 5.82 Å². The minimum Gasteiger partial charge on any atom is -0.475 e. The van der Waals surface area contributed by atoms with Crippen LogP contribution in [0, 0.1) is 0 Å². The third-order valence-electron chi connectivity index (χ3n) is 4.86. The predicted octanol–water partition coefficient (Wildman–Crippen LogP) is 5.31. The average Bonchev–Trinajstić information content (AvgIpc) is 3.29. The number of carboxylic acid groups (broad SMARTS) is 1. The van der Waals surface area contributed by atoms with Crippen LogP contribution in [-0.2, 0) is 18.3 Å². The summed E-state index contributed by atoms with van der Waals surface area (Å²) in [7, 11) is 2.09. The van der Waals surface area contributed by atoms with Gasteiger partial charge in [-0.15, -0.1) is 11.3 Å². The molecule has 2 N–H and O–H groups in total. The molecular weight excluding hydrogens is 427 g/mol. The lowest BCUT2D eigenvalue weighted by Crippen LogP contribution is -2.23. The largest absolute Gasteiger partial charge is 0.490 e.